The number of amides is 1. The predicted molar refractivity (Wildman–Crippen MR) is 98.2 cm³/mol. The molecule has 1 amide bonds. The standard InChI is InChI=1S/C19H22N4O3/c1-22-9-11-23(12-10-22)16-13-15(7-8-20-16)18(24)21-17(19(25)26)14-5-3-2-4-6-14/h2-8,13,17H,9-12H2,1H3,(H,21,24)(H,25,26)/t17-/m1/s1. The number of pyridine rings is 1. The maximum Gasteiger partial charge on any atom is 0.330 e. The van der Waals surface area contributed by atoms with E-state index in [1.54, 1.807) is 48.7 Å². The van der Waals surface area contributed by atoms with Gasteiger partial charge in [0.2, 0.25) is 0 Å². The molecule has 1 saturated heterocycles. The first-order chi connectivity index (χ1) is 12.5. The third kappa shape index (κ3) is 4.18. The molecule has 7 heteroatoms. The van der Waals surface area contributed by atoms with Gasteiger partial charge in [0.1, 0.15) is 5.82 Å². The fourth-order valence-electron chi connectivity index (χ4n) is 2.92. The van der Waals surface area contributed by atoms with E-state index < -0.39 is 17.9 Å². The van der Waals surface area contributed by atoms with E-state index in [0.717, 1.165) is 32.0 Å². The second-order valence-corrected chi connectivity index (χ2v) is 6.35. The van der Waals surface area contributed by atoms with Gasteiger partial charge in [0.05, 0.1) is 0 Å². The number of piperazine rings is 1. The van der Waals surface area contributed by atoms with E-state index in [2.05, 4.69) is 27.1 Å². The van der Waals surface area contributed by atoms with Crippen LogP contribution in [0.3, 0.4) is 0 Å². The summed E-state index contributed by atoms with van der Waals surface area (Å²) >= 11 is 0. The van der Waals surface area contributed by atoms with E-state index in [1.807, 2.05) is 0 Å². The summed E-state index contributed by atoms with van der Waals surface area (Å²) in [6.45, 7) is 3.56. The minimum atomic E-state index is -1.10. The van der Waals surface area contributed by atoms with Gasteiger partial charge < -0.3 is 20.2 Å². The van der Waals surface area contributed by atoms with Crippen molar-refractivity contribution in [3.05, 3.63) is 59.8 Å². The molecule has 0 saturated carbocycles. The van der Waals surface area contributed by atoms with Crippen molar-refractivity contribution in [3.63, 3.8) is 0 Å². The highest BCUT2D eigenvalue weighted by molar-refractivity contribution is 5.97. The van der Waals surface area contributed by atoms with Gasteiger partial charge in [-0.05, 0) is 24.7 Å². The number of aliphatic carboxylic acids is 1. The minimum absolute atomic E-state index is 0.399. The van der Waals surface area contributed by atoms with E-state index in [1.165, 1.54) is 0 Å². The van der Waals surface area contributed by atoms with Gasteiger partial charge in [-0.15, -0.1) is 0 Å². The van der Waals surface area contributed by atoms with Gasteiger partial charge in [-0.25, -0.2) is 9.78 Å². The van der Waals surface area contributed by atoms with E-state index in [-0.39, 0.29) is 0 Å². The second kappa shape index (κ2) is 7.97. The summed E-state index contributed by atoms with van der Waals surface area (Å²) in [4.78, 5) is 32.9. The van der Waals surface area contributed by atoms with Crippen LogP contribution in [0.4, 0.5) is 5.82 Å². The lowest BCUT2D eigenvalue weighted by atomic mass is 10.1. The zero-order valence-electron chi connectivity index (χ0n) is 14.6. The lowest BCUT2D eigenvalue weighted by molar-refractivity contribution is -0.139. The van der Waals surface area contributed by atoms with Gasteiger partial charge in [-0.2, -0.15) is 0 Å². The number of benzene rings is 1. The Morgan fingerprint density at radius 1 is 1.12 bits per heavy atom. The number of carboxylic acids is 1. The van der Waals surface area contributed by atoms with Crippen LogP contribution in [0.2, 0.25) is 0 Å². The number of rotatable bonds is 5. The third-order valence-electron chi connectivity index (χ3n) is 4.49. The molecule has 0 spiro atoms. The van der Waals surface area contributed by atoms with Crippen LogP contribution in [0, 0.1) is 0 Å². The summed E-state index contributed by atoms with van der Waals surface area (Å²) in [7, 11) is 2.07. The van der Waals surface area contributed by atoms with E-state index >= 15 is 0 Å². The molecule has 2 heterocycles. The number of aromatic nitrogens is 1. The van der Waals surface area contributed by atoms with Crippen molar-refractivity contribution in [2.75, 3.05) is 38.1 Å². The highest BCUT2D eigenvalue weighted by Crippen LogP contribution is 2.17. The molecule has 0 unspecified atom stereocenters. The molecule has 0 aliphatic carbocycles. The smallest absolute Gasteiger partial charge is 0.330 e. The van der Waals surface area contributed by atoms with Crippen LogP contribution in [-0.2, 0) is 4.79 Å². The van der Waals surface area contributed by atoms with Crippen molar-refractivity contribution in [3.8, 4) is 0 Å². The monoisotopic (exact) mass is 354 g/mol. The van der Waals surface area contributed by atoms with Crippen molar-refractivity contribution < 1.29 is 14.7 Å². The Kier molecular flexibility index (Phi) is 5.48. The summed E-state index contributed by atoms with van der Waals surface area (Å²) in [5.74, 6) is -0.797. The highest BCUT2D eigenvalue weighted by atomic mass is 16.4. The Morgan fingerprint density at radius 2 is 1.81 bits per heavy atom. The van der Waals surface area contributed by atoms with E-state index in [0.29, 0.717) is 11.1 Å². The molecule has 7 nitrogen and oxygen atoms in total. The van der Waals surface area contributed by atoms with E-state index in [4.69, 9.17) is 0 Å². The van der Waals surface area contributed by atoms with Crippen molar-refractivity contribution in [2.45, 2.75) is 6.04 Å². The Labute approximate surface area is 152 Å². The molecule has 0 radical (unpaired) electrons. The Morgan fingerprint density at radius 3 is 2.46 bits per heavy atom. The zero-order valence-corrected chi connectivity index (χ0v) is 14.6. The van der Waals surface area contributed by atoms with Crippen molar-refractivity contribution in [2.24, 2.45) is 0 Å². The molecule has 0 bridgehead atoms. The van der Waals surface area contributed by atoms with Crippen molar-refractivity contribution in [1.29, 1.82) is 0 Å². The number of nitrogens with one attached hydrogen (secondary N) is 1. The van der Waals surface area contributed by atoms with Crippen molar-refractivity contribution >= 4 is 17.7 Å². The van der Waals surface area contributed by atoms with Crippen LogP contribution < -0.4 is 10.2 Å². The number of hydrogen-bond donors (Lipinski definition) is 2. The number of carbonyl (C=O) groups is 2. The first kappa shape index (κ1) is 17.9. The molecule has 1 aromatic carbocycles. The van der Waals surface area contributed by atoms with Crippen LogP contribution >= 0.6 is 0 Å². The highest BCUT2D eigenvalue weighted by Gasteiger charge is 2.23. The van der Waals surface area contributed by atoms with Crippen molar-refractivity contribution in [1.82, 2.24) is 15.2 Å². The van der Waals surface area contributed by atoms with Gasteiger partial charge in [-0.3, -0.25) is 4.79 Å². The Bertz CT molecular complexity index is 773. The first-order valence-electron chi connectivity index (χ1n) is 8.53. The molecule has 3 rings (SSSR count). The maximum absolute atomic E-state index is 12.6. The SMILES string of the molecule is CN1CCN(c2cc(C(=O)N[C@@H](C(=O)O)c3ccccc3)ccn2)CC1. The molecule has 136 valence electrons. The fraction of sp³-hybridized carbons (Fsp3) is 0.316. The number of likely N-dealkylation sites (N-methyl/N-ethyl adjacent to an activating group) is 1. The van der Waals surface area contributed by atoms with Crippen LogP contribution in [-0.4, -0.2) is 60.1 Å². The van der Waals surface area contributed by atoms with Gasteiger partial charge >= 0.3 is 5.97 Å². The molecule has 1 fully saturated rings. The number of hydrogen-bond acceptors (Lipinski definition) is 5. The van der Waals surface area contributed by atoms with Gasteiger partial charge in [0.15, 0.2) is 6.04 Å². The average molecular weight is 354 g/mol. The lowest BCUT2D eigenvalue weighted by Crippen LogP contribution is -2.44. The Balaban J connectivity index is 1.75. The summed E-state index contributed by atoms with van der Waals surface area (Å²) in [6.07, 6.45) is 1.58. The molecule has 1 atom stereocenters. The summed E-state index contributed by atoms with van der Waals surface area (Å²) in [5.41, 5.74) is 0.929. The van der Waals surface area contributed by atoms with Crippen LogP contribution in [0.1, 0.15) is 22.0 Å². The lowest BCUT2D eigenvalue weighted by Gasteiger charge is -2.33. The minimum Gasteiger partial charge on any atom is -0.479 e. The van der Waals surface area contributed by atoms with Gasteiger partial charge in [0, 0.05) is 37.9 Å². The quantitative estimate of drug-likeness (QED) is 0.844. The molecule has 2 aromatic rings. The normalized spacial score (nSPS) is 16.1. The van der Waals surface area contributed by atoms with Gasteiger partial charge in [-0.1, -0.05) is 30.3 Å². The van der Waals surface area contributed by atoms with Crippen LogP contribution in [0.15, 0.2) is 48.7 Å². The van der Waals surface area contributed by atoms with E-state index in [9.17, 15) is 14.7 Å². The average Bonchev–Trinajstić information content (AvgIpc) is 2.67. The van der Waals surface area contributed by atoms with Crippen LogP contribution in [0.25, 0.3) is 0 Å². The number of nitrogens with zero attached hydrogens (tertiary/aromatic N) is 3. The summed E-state index contributed by atoms with van der Waals surface area (Å²) in [6, 6.07) is 10.9. The summed E-state index contributed by atoms with van der Waals surface area (Å²) in [5, 5.41) is 12.1. The molecule has 1 aromatic heterocycles. The summed E-state index contributed by atoms with van der Waals surface area (Å²) < 4.78 is 0. The Hall–Kier alpha value is -2.93. The maximum atomic E-state index is 12.6. The fourth-order valence-corrected chi connectivity index (χ4v) is 2.92. The molecular weight excluding hydrogens is 332 g/mol. The van der Waals surface area contributed by atoms with Gasteiger partial charge in [0.25, 0.3) is 5.91 Å². The predicted octanol–water partition coefficient (Wildman–Crippen LogP) is 1.39. The number of anilines is 1. The first-order valence-corrected chi connectivity index (χ1v) is 8.53. The zero-order chi connectivity index (χ0) is 18.5. The number of carboxylic acid groups (broad SMARTS) is 1. The molecule has 2 N–H and O–H groups in total. The topological polar surface area (TPSA) is 85.8 Å². The largest absolute Gasteiger partial charge is 0.479 e. The number of carbonyl (C=O) groups excluding carboxylic acids is 1. The third-order valence-corrected chi connectivity index (χ3v) is 4.49. The molecular formula is C19H22N4O3. The molecule has 1 aliphatic rings. The molecule has 26 heavy (non-hydrogen) atoms. The second-order valence-electron chi connectivity index (χ2n) is 6.35. The van der Waals surface area contributed by atoms with Crippen LogP contribution in [0.5, 0.6) is 0 Å². The molecule has 1 aliphatic heterocycles.